The van der Waals surface area contributed by atoms with E-state index in [1.807, 2.05) is 0 Å². The molecule has 1 atom stereocenters. The summed E-state index contributed by atoms with van der Waals surface area (Å²) < 4.78 is 4.71. The van der Waals surface area contributed by atoms with Crippen LogP contribution in [0.3, 0.4) is 0 Å². The number of esters is 1. The second kappa shape index (κ2) is 6.22. The summed E-state index contributed by atoms with van der Waals surface area (Å²) in [7, 11) is 1.27. The number of amides is 1. The summed E-state index contributed by atoms with van der Waals surface area (Å²) in [5.41, 5.74) is 6.58. The van der Waals surface area contributed by atoms with Gasteiger partial charge in [0.15, 0.2) is 0 Å². The molecule has 0 saturated heterocycles. The highest BCUT2D eigenvalue weighted by atomic mass is 35.5. The molecule has 114 valence electrons. The largest absolute Gasteiger partial charge is 0.465 e. The summed E-state index contributed by atoms with van der Waals surface area (Å²) in [6, 6.07) is 2.71. The predicted octanol–water partition coefficient (Wildman–Crippen LogP) is 1.79. The molecule has 1 saturated carbocycles. The quantitative estimate of drug-likeness (QED) is 0.569. The molecule has 0 bridgehead atoms. The van der Waals surface area contributed by atoms with Crippen molar-refractivity contribution >= 4 is 34.9 Å². The van der Waals surface area contributed by atoms with E-state index >= 15 is 0 Å². The molecule has 1 amide bonds. The lowest BCUT2D eigenvalue weighted by Crippen LogP contribution is -2.39. The van der Waals surface area contributed by atoms with Crippen LogP contribution in [0, 0.1) is 0 Å². The van der Waals surface area contributed by atoms with Gasteiger partial charge in [0, 0.05) is 11.7 Å². The van der Waals surface area contributed by atoms with Gasteiger partial charge in [0.1, 0.15) is 6.04 Å². The molecule has 6 nitrogen and oxygen atoms in total. The molecule has 0 heterocycles. The molecule has 1 aromatic rings. The first-order valence-corrected chi connectivity index (χ1v) is 7.04. The number of ether oxygens (including phenoxy) is 1. The van der Waals surface area contributed by atoms with Crippen LogP contribution in [0.1, 0.15) is 30.1 Å². The summed E-state index contributed by atoms with van der Waals surface area (Å²) in [4.78, 5) is 23.8. The zero-order chi connectivity index (χ0) is 15.6. The van der Waals surface area contributed by atoms with Gasteiger partial charge in [0.25, 0.3) is 0 Å². The average Bonchev–Trinajstić information content (AvgIpc) is 3.24. The molecule has 2 rings (SSSR count). The van der Waals surface area contributed by atoms with Crippen LogP contribution in [0.15, 0.2) is 12.1 Å². The monoisotopic (exact) mass is 311 g/mol. The second-order valence-corrected chi connectivity index (χ2v) is 5.47. The Morgan fingerprint density at radius 2 is 2.10 bits per heavy atom. The highest BCUT2D eigenvalue weighted by Crippen LogP contribution is 2.30. The van der Waals surface area contributed by atoms with Gasteiger partial charge < -0.3 is 21.1 Å². The first kappa shape index (κ1) is 15.4. The van der Waals surface area contributed by atoms with Crippen molar-refractivity contribution in [2.24, 2.45) is 0 Å². The Bertz CT molecular complexity index is 573. The summed E-state index contributed by atoms with van der Waals surface area (Å²) in [5, 5.41) is 6.10. The van der Waals surface area contributed by atoms with Crippen molar-refractivity contribution in [1.29, 1.82) is 0 Å². The van der Waals surface area contributed by atoms with Gasteiger partial charge in [-0.2, -0.15) is 0 Å². The van der Waals surface area contributed by atoms with Crippen molar-refractivity contribution in [1.82, 2.24) is 5.32 Å². The summed E-state index contributed by atoms with van der Waals surface area (Å²) >= 11 is 6.12. The molecule has 0 aromatic heterocycles. The molecule has 0 spiro atoms. The number of anilines is 2. The Labute approximate surface area is 128 Å². The number of benzene rings is 1. The minimum Gasteiger partial charge on any atom is -0.465 e. The van der Waals surface area contributed by atoms with Crippen molar-refractivity contribution in [3.8, 4) is 0 Å². The molecule has 1 aliphatic carbocycles. The summed E-state index contributed by atoms with van der Waals surface area (Å²) in [6.45, 7) is 1.70. The van der Waals surface area contributed by atoms with Crippen molar-refractivity contribution in [2.75, 3.05) is 18.2 Å². The van der Waals surface area contributed by atoms with Crippen LogP contribution >= 0.6 is 11.6 Å². The molecular weight excluding hydrogens is 294 g/mol. The van der Waals surface area contributed by atoms with Crippen LogP contribution in [0.25, 0.3) is 0 Å². The highest BCUT2D eigenvalue weighted by Gasteiger charge is 2.26. The Balaban J connectivity index is 2.21. The van der Waals surface area contributed by atoms with Gasteiger partial charge in [-0.05, 0) is 31.9 Å². The second-order valence-electron chi connectivity index (χ2n) is 5.07. The normalized spacial score (nSPS) is 15.2. The van der Waals surface area contributed by atoms with Crippen LogP contribution in [-0.2, 0) is 9.53 Å². The van der Waals surface area contributed by atoms with Gasteiger partial charge in [0.05, 0.1) is 23.4 Å². The molecule has 0 radical (unpaired) electrons. The number of nitrogens with one attached hydrogen (secondary N) is 2. The smallest absolute Gasteiger partial charge is 0.340 e. The van der Waals surface area contributed by atoms with Crippen LogP contribution < -0.4 is 16.4 Å². The minimum atomic E-state index is -0.568. The lowest BCUT2D eigenvalue weighted by atomic mass is 10.1. The Kier molecular flexibility index (Phi) is 4.57. The lowest BCUT2D eigenvalue weighted by Gasteiger charge is -2.18. The topological polar surface area (TPSA) is 93.4 Å². The van der Waals surface area contributed by atoms with Crippen molar-refractivity contribution in [3.63, 3.8) is 0 Å². The maximum atomic E-state index is 12.0. The molecule has 0 aliphatic heterocycles. The van der Waals surface area contributed by atoms with Crippen LogP contribution in [0.4, 0.5) is 11.4 Å². The average molecular weight is 312 g/mol. The van der Waals surface area contributed by atoms with Gasteiger partial charge in [-0.1, -0.05) is 11.6 Å². The molecule has 1 unspecified atom stereocenters. The first-order chi connectivity index (χ1) is 9.92. The van der Waals surface area contributed by atoms with E-state index in [-0.39, 0.29) is 22.5 Å². The fourth-order valence-corrected chi connectivity index (χ4v) is 2.16. The maximum Gasteiger partial charge on any atom is 0.340 e. The fraction of sp³-hybridized carbons (Fsp3) is 0.429. The fourth-order valence-electron chi connectivity index (χ4n) is 1.88. The SMILES string of the molecule is COC(=O)c1cc(N)cc(Cl)c1NC(C)C(=O)NC1CC1. The van der Waals surface area contributed by atoms with E-state index < -0.39 is 12.0 Å². The van der Waals surface area contributed by atoms with E-state index in [2.05, 4.69) is 10.6 Å². The molecule has 7 heteroatoms. The number of hydrogen-bond donors (Lipinski definition) is 3. The van der Waals surface area contributed by atoms with E-state index in [1.165, 1.54) is 19.2 Å². The summed E-state index contributed by atoms with van der Waals surface area (Å²) in [5.74, 6) is -0.706. The molecule has 1 aliphatic rings. The van der Waals surface area contributed by atoms with Crippen LogP contribution in [-0.4, -0.2) is 31.1 Å². The van der Waals surface area contributed by atoms with Crippen LogP contribution in [0.5, 0.6) is 0 Å². The van der Waals surface area contributed by atoms with Gasteiger partial charge >= 0.3 is 5.97 Å². The van der Waals surface area contributed by atoms with E-state index in [4.69, 9.17) is 22.1 Å². The number of methoxy groups -OCH3 is 1. The molecule has 1 fully saturated rings. The Hall–Kier alpha value is -1.95. The predicted molar refractivity (Wildman–Crippen MR) is 81.5 cm³/mol. The number of carbonyl (C=O) groups excluding carboxylic acids is 2. The lowest BCUT2D eigenvalue weighted by molar-refractivity contribution is -0.121. The molecule has 21 heavy (non-hydrogen) atoms. The standard InChI is InChI=1S/C14H18ClN3O3/c1-7(13(19)18-9-3-4-9)17-12-10(14(20)21-2)5-8(16)6-11(12)15/h5-7,9,17H,3-4,16H2,1-2H3,(H,18,19). The molecular formula is C14H18ClN3O3. The third-order valence-corrected chi connectivity index (χ3v) is 3.49. The van der Waals surface area contributed by atoms with E-state index in [1.54, 1.807) is 6.92 Å². The Morgan fingerprint density at radius 3 is 2.67 bits per heavy atom. The first-order valence-electron chi connectivity index (χ1n) is 6.66. The van der Waals surface area contributed by atoms with Gasteiger partial charge in [0.2, 0.25) is 5.91 Å². The minimum absolute atomic E-state index is 0.138. The number of hydrogen-bond acceptors (Lipinski definition) is 5. The molecule has 4 N–H and O–H groups in total. The summed E-state index contributed by atoms with van der Waals surface area (Å²) in [6.07, 6.45) is 2.02. The van der Waals surface area contributed by atoms with E-state index in [0.29, 0.717) is 11.4 Å². The number of carbonyl (C=O) groups is 2. The van der Waals surface area contributed by atoms with Gasteiger partial charge in [-0.15, -0.1) is 0 Å². The maximum absolute atomic E-state index is 12.0. The zero-order valence-electron chi connectivity index (χ0n) is 11.9. The van der Waals surface area contributed by atoms with Gasteiger partial charge in [-0.25, -0.2) is 4.79 Å². The van der Waals surface area contributed by atoms with Crippen molar-refractivity contribution in [3.05, 3.63) is 22.7 Å². The van der Waals surface area contributed by atoms with Gasteiger partial charge in [-0.3, -0.25) is 4.79 Å². The highest BCUT2D eigenvalue weighted by molar-refractivity contribution is 6.34. The number of nitrogen functional groups attached to an aromatic ring is 1. The zero-order valence-corrected chi connectivity index (χ0v) is 12.7. The van der Waals surface area contributed by atoms with E-state index in [9.17, 15) is 9.59 Å². The van der Waals surface area contributed by atoms with Crippen molar-refractivity contribution < 1.29 is 14.3 Å². The van der Waals surface area contributed by atoms with E-state index in [0.717, 1.165) is 12.8 Å². The number of halogens is 1. The third kappa shape index (κ3) is 3.78. The van der Waals surface area contributed by atoms with Crippen LogP contribution in [0.2, 0.25) is 5.02 Å². The van der Waals surface area contributed by atoms with Crippen molar-refractivity contribution in [2.45, 2.75) is 31.8 Å². The Morgan fingerprint density at radius 1 is 1.43 bits per heavy atom. The number of rotatable bonds is 5. The molecule has 1 aromatic carbocycles. The third-order valence-electron chi connectivity index (χ3n) is 3.20. The number of nitrogens with two attached hydrogens (primary N) is 1.